The molecule has 1 aliphatic rings. The van der Waals surface area contributed by atoms with Crippen LogP contribution in [0.25, 0.3) is 0 Å². The van der Waals surface area contributed by atoms with Gasteiger partial charge in [-0.3, -0.25) is 4.98 Å². The number of nitrogens with one attached hydrogen (secondary N) is 1. The largest absolute Gasteiger partial charge is 0.444 e. The monoisotopic (exact) mass is 319 g/mol. The van der Waals surface area contributed by atoms with Crippen LogP contribution in [0.3, 0.4) is 0 Å². The zero-order chi connectivity index (χ0) is 16.9. The molecule has 0 saturated carbocycles. The summed E-state index contributed by atoms with van der Waals surface area (Å²) in [6, 6.07) is 6.24. The molecule has 0 radical (unpaired) electrons. The number of nitrogens with zero attached hydrogens (tertiary/aromatic N) is 2. The van der Waals surface area contributed by atoms with Crippen LogP contribution >= 0.6 is 0 Å². The summed E-state index contributed by atoms with van der Waals surface area (Å²) in [7, 11) is 0. The van der Waals surface area contributed by atoms with Gasteiger partial charge in [0, 0.05) is 25.3 Å². The lowest BCUT2D eigenvalue weighted by atomic mass is 9.96. The number of amides is 1. The zero-order valence-electron chi connectivity index (χ0n) is 14.7. The van der Waals surface area contributed by atoms with Crippen molar-refractivity contribution in [1.82, 2.24) is 15.2 Å². The van der Waals surface area contributed by atoms with E-state index in [1.807, 2.05) is 50.1 Å². The first-order chi connectivity index (χ1) is 10.8. The minimum absolute atomic E-state index is 0.189. The maximum atomic E-state index is 12.1. The molecule has 5 heteroatoms. The fraction of sp³-hybridized carbons (Fsp3) is 0.667. The van der Waals surface area contributed by atoms with Gasteiger partial charge in [0.25, 0.3) is 0 Å². The zero-order valence-corrected chi connectivity index (χ0v) is 14.7. The van der Waals surface area contributed by atoms with Gasteiger partial charge in [-0.1, -0.05) is 6.07 Å². The van der Waals surface area contributed by atoms with Gasteiger partial charge in [0.2, 0.25) is 0 Å². The van der Waals surface area contributed by atoms with Crippen molar-refractivity contribution in [2.45, 2.75) is 52.2 Å². The molecule has 0 spiro atoms. The van der Waals surface area contributed by atoms with Crippen LogP contribution in [0.15, 0.2) is 24.4 Å². The van der Waals surface area contributed by atoms with Crippen molar-refractivity contribution in [3.8, 4) is 0 Å². The quantitative estimate of drug-likeness (QED) is 0.924. The van der Waals surface area contributed by atoms with E-state index in [1.165, 1.54) is 0 Å². The number of aromatic nitrogens is 1. The lowest BCUT2D eigenvalue weighted by Crippen LogP contribution is -2.43. The summed E-state index contributed by atoms with van der Waals surface area (Å²) < 4.78 is 5.43. The highest BCUT2D eigenvalue weighted by Crippen LogP contribution is 2.20. The van der Waals surface area contributed by atoms with Crippen LogP contribution in [0.5, 0.6) is 0 Å². The van der Waals surface area contributed by atoms with Crippen LogP contribution in [-0.4, -0.2) is 41.2 Å². The predicted octanol–water partition coefficient (Wildman–Crippen LogP) is 3.38. The molecule has 2 rings (SSSR count). The van der Waals surface area contributed by atoms with E-state index < -0.39 is 5.60 Å². The van der Waals surface area contributed by atoms with Crippen molar-refractivity contribution in [1.29, 1.82) is 0 Å². The van der Waals surface area contributed by atoms with Gasteiger partial charge in [-0.2, -0.15) is 0 Å². The van der Waals surface area contributed by atoms with Crippen molar-refractivity contribution >= 4 is 6.09 Å². The van der Waals surface area contributed by atoms with Gasteiger partial charge >= 0.3 is 6.09 Å². The third-order valence-electron chi connectivity index (χ3n) is 4.11. The Labute approximate surface area is 139 Å². The molecule has 1 aliphatic heterocycles. The maximum absolute atomic E-state index is 12.1. The van der Waals surface area contributed by atoms with E-state index in [9.17, 15) is 4.79 Å². The number of carbonyl (C=O) groups excluding carboxylic acids is 1. The lowest BCUT2D eigenvalue weighted by molar-refractivity contribution is 0.0183. The molecule has 0 aliphatic carbocycles. The molecular weight excluding hydrogens is 290 g/mol. The fourth-order valence-corrected chi connectivity index (χ4v) is 2.73. The second kappa shape index (κ2) is 7.77. The smallest absolute Gasteiger partial charge is 0.410 e. The molecule has 5 nitrogen and oxygen atoms in total. The first-order valence-corrected chi connectivity index (χ1v) is 8.47. The number of likely N-dealkylation sites (tertiary alicyclic amines) is 1. The van der Waals surface area contributed by atoms with E-state index in [-0.39, 0.29) is 12.1 Å². The molecule has 1 aromatic rings. The molecule has 1 saturated heterocycles. The molecule has 0 unspecified atom stereocenters. The van der Waals surface area contributed by atoms with E-state index >= 15 is 0 Å². The predicted molar refractivity (Wildman–Crippen MR) is 91.2 cm³/mol. The molecular formula is C18H29N3O2. The molecule has 1 atom stereocenters. The Morgan fingerprint density at radius 2 is 2.09 bits per heavy atom. The number of piperidine rings is 1. The summed E-state index contributed by atoms with van der Waals surface area (Å²) in [5.74, 6) is 0.597. The molecule has 0 aromatic carbocycles. The van der Waals surface area contributed by atoms with Crippen LogP contribution in [0.4, 0.5) is 4.79 Å². The number of carbonyl (C=O) groups is 1. The van der Waals surface area contributed by atoms with Crippen molar-refractivity contribution in [2.75, 3.05) is 19.6 Å². The van der Waals surface area contributed by atoms with E-state index in [1.54, 1.807) is 0 Å². The molecule has 1 aromatic heterocycles. The Balaban J connectivity index is 1.72. The Kier molecular flexibility index (Phi) is 5.99. The summed E-state index contributed by atoms with van der Waals surface area (Å²) in [5, 5.41) is 3.55. The Morgan fingerprint density at radius 1 is 1.39 bits per heavy atom. The average molecular weight is 319 g/mol. The molecule has 23 heavy (non-hydrogen) atoms. The number of pyridine rings is 1. The SMILES string of the molecule is C[C@H](NCC1CCN(C(=O)OC(C)(C)C)CC1)c1ccccn1. The number of hydrogen-bond donors (Lipinski definition) is 1. The average Bonchev–Trinajstić information content (AvgIpc) is 2.52. The van der Waals surface area contributed by atoms with Gasteiger partial charge in [-0.25, -0.2) is 4.79 Å². The third kappa shape index (κ3) is 5.82. The second-order valence-corrected chi connectivity index (χ2v) is 7.30. The number of rotatable bonds is 4. The van der Waals surface area contributed by atoms with E-state index in [0.717, 1.165) is 38.2 Å². The summed E-state index contributed by atoms with van der Waals surface area (Å²) in [4.78, 5) is 18.3. The topological polar surface area (TPSA) is 54.5 Å². The maximum Gasteiger partial charge on any atom is 0.410 e. The first-order valence-electron chi connectivity index (χ1n) is 8.47. The minimum atomic E-state index is -0.423. The van der Waals surface area contributed by atoms with Crippen LogP contribution in [0.2, 0.25) is 0 Å². The third-order valence-corrected chi connectivity index (χ3v) is 4.11. The molecule has 1 N–H and O–H groups in total. The van der Waals surface area contributed by atoms with Crippen molar-refractivity contribution < 1.29 is 9.53 Å². The van der Waals surface area contributed by atoms with Crippen LogP contribution in [0, 0.1) is 5.92 Å². The standard InChI is InChI=1S/C18H29N3O2/c1-14(16-7-5-6-10-19-16)20-13-15-8-11-21(12-9-15)17(22)23-18(2,3)4/h5-7,10,14-15,20H,8-9,11-13H2,1-4H3/t14-/m0/s1. The normalized spacial score (nSPS) is 17.8. The van der Waals surface area contributed by atoms with E-state index in [0.29, 0.717) is 5.92 Å². The summed E-state index contributed by atoms with van der Waals surface area (Å²) in [6.07, 6.45) is 3.67. The van der Waals surface area contributed by atoms with E-state index in [2.05, 4.69) is 17.2 Å². The summed E-state index contributed by atoms with van der Waals surface area (Å²) in [6.45, 7) is 10.4. The van der Waals surface area contributed by atoms with Crippen LogP contribution in [-0.2, 0) is 4.74 Å². The molecule has 1 fully saturated rings. The number of hydrogen-bond acceptors (Lipinski definition) is 4. The highest BCUT2D eigenvalue weighted by atomic mass is 16.6. The molecule has 2 heterocycles. The van der Waals surface area contributed by atoms with Gasteiger partial charge in [-0.15, -0.1) is 0 Å². The lowest BCUT2D eigenvalue weighted by Gasteiger charge is -2.33. The highest BCUT2D eigenvalue weighted by molar-refractivity contribution is 5.68. The second-order valence-electron chi connectivity index (χ2n) is 7.30. The Hall–Kier alpha value is -1.62. The van der Waals surface area contributed by atoms with Gasteiger partial charge in [0.1, 0.15) is 5.60 Å². The minimum Gasteiger partial charge on any atom is -0.444 e. The van der Waals surface area contributed by atoms with Crippen molar-refractivity contribution in [3.63, 3.8) is 0 Å². The molecule has 128 valence electrons. The highest BCUT2D eigenvalue weighted by Gasteiger charge is 2.26. The molecule has 1 amide bonds. The van der Waals surface area contributed by atoms with E-state index in [4.69, 9.17) is 4.74 Å². The fourth-order valence-electron chi connectivity index (χ4n) is 2.73. The van der Waals surface area contributed by atoms with Gasteiger partial charge in [0.05, 0.1) is 5.69 Å². The van der Waals surface area contributed by atoms with Crippen molar-refractivity contribution in [3.05, 3.63) is 30.1 Å². The van der Waals surface area contributed by atoms with Crippen LogP contribution < -0.4 is 5.32 Å². The Morgan fingerprint density at radius 3 is 2.65 bits per heavy atom. The summed E-state index contributed by atoms with van der Waals surface area (Å²) in [5.41, 5.74) is 0.645. The molecule has 0 bridgehead atoms. The van der Waals surface area contributed by atoms with Crippen molar-refractivity contribution in [2.24, 2.45) is 5.92 Å². The van der Waals surface area contributed by atoms with Crippen LogP contribution in [0.1, 0.15) is 52.3 Å². The summed E-state index contributed by atoms with van der Waals surface area (Å²) >= 11 is 0. The van der Waals surface area contributed by atoms with Gasteiger partial charge in [-0.05, 0) is 65.1 Å². The number of ether oxygens (including phenoxy) is 1. The van der Waals surface area contributed by atoms with Gasteiger partial charge in [0.15, 0.2) is 0 Å². The Bertz CT molecular complexity index is 491. The van der Waals surface area contributed by atoms with Gasteiger partial charge < -0.3 is 15.0 Å². The first kappa shape index (κ1) is 17.7.